The first kappa shape index (κ1) is 16.1. The number of carbonyl (C=O) groups is 1. The lowest BCUT2D eigenvalue weighted by atomic mass is 10.2. The van der Waals surface area contributed by atoms with Gasteiger partial charge in [-0.15, -0.1) is 0 Å². The highest BCUT2D eigenvalue weighted by atomic mass is 19.4. The Morgan fingerprint density at radius 1 is 1.30 bits per heavy atom. The van der Waals surface area contributed by atoms with Crippen molar-refractivity contribution in [2.75, 3.05) is 6.61 Å². The van der Waals surface area contributed by atoms with Gasteiger partial charge in [0.05, 0.1) is 6.61 Å². The minimum absolute atomic E-state index is 0.178. The highest BCUT2D eigenvalue weighted by Gasteiger charge is 2.41. The summed E-state index contributed by atoms with van der Waals surface area (Å²) in [5.74, 6) is 3.00. The summed E-state index contributed by atoms with van der Waals surface area (Å²) < 4.78 is 46.5. The van der Waals surface area contributed by atoms with Crippen LogP contribution in [0.25, 0.3) is 0 Å². The van der Waals surface area contributed by atoms with E-state index < -0.39 is 18.2 Å². The van der Waals surface area contributed by atoms with Crippen molar-refractivity contribution < 1.29 is 27.4 Å². The van der Waals surface area contributed by atoms with E-state index in [1.165, 1.54) is 0 Å². The Kier molecular flexibility index (Phi) is 6.07. The summed E-state index contributed by atoms with van der Waals surface area (Å²) in [6, 6.07) is 9.14. The number of esters is 1. The molecule has 0 spiro atoms. The fourth-order valence-corrected chi connectivity index (χ4v) is 1.27. The first-order valence-electron chi connectivity index (χ1n) is 5.73. The molecule has 0 amide bonds. The number of ether oxygens (including phenoxy) is 2. The molecule has 1 atom stereocenters. The van der Waals surface area contributed by atoms with Crippen LogP contribution in [0.4, 0.5) is 13.2 Å². The van der Waals surface area contributed by atoms with E-state index in [0.717, 1.165) is 12.5 Å². The fraction of sp³-hybridized carbons (Fsp3) is 0.357. The molecule has 1 rings (SSSR count). The molecule has 0 bridgehead atoms. The molecule has 0 radical (unpaired) electrons. The largest absolute Gasteiger partial charge is 0.439 e. The molecule has 0 fully saturated rings. The van der Waals surface area contributed by atoms with Gasteiger partial charge in [-0.25, -0.2) is 0 Å². The normalized spacial score (nSPS) is 12.2. The predicted octanol–water partition coefficient (Wildman–Crippen LogP) is 2.70. The van der Waals surface area contributed by atoms with Gasteiger partial charge in [0.15, 0.2) is 0 Å². The topological polar surface area (TPSA) is 35.5 Å². The maximum atomic E-state index is 12.4. The summed E-state index contributed by atoms with van der Waals surface area (Å²) in [7, 11) is 0. The van der Waals surface area contributed by atoms with Crippen molar-refractivity contribution >= 4 is 5.97 Å². The average Bonchev–Trinajstić information content (AvgIpc) is 2.36. The first-order chi connectivity index (χ1) is 9.39. The summed E-state index contributed by atoms with van der Waals surface area (Å²) in [4.78, 5) is 10.6. The van der Waals surface area contributed by atoms with E-state index in [0.29, 0.717) is 0 Å². The van der Waals surface area contributed by atoms with Crippen molar-refractivity contribution in [1.29, 1.82) is 0 Å². The van der Waals surface area contributed by atoms with Gasteiger partial charge >= 0.3 is 12.1 Å². The van der Waals surface area contributed by atoms with Crippen LogP contribution >= 0.6 is 0 Å². The summed E-state index contributed by atoms with van der Waals surface area (Å²) in [5.41, 5.74) is 0.890. The summed E-state index contributed by atoms with van der Waals surface area (Å²) in [5, 5.41) is 0. The number of hydrogen-bond acceptors (Lipinski definition) is 3. The van der Waals surface area contributed by atoms with Crippen molar-refractivity contribution in [2.45, 2.75) is 25.8 Å². The van der Waals surface area contributed by atoms with Crippen LogP contribution in [0, 0.1) is 11.8 Å². The Balaban J connectivity index is 2.44. The Morgan fingerprint density at radius 2 is 1.95 bits per heavy atom. The Bertz CT molecular complexity index is 486. The summed E-state index contributed by atoms with van der Waals surface area (Å²) >= 11 is 0. The zero-order valence-electron chi connectivity index (χ0n) is 10.7. The van der Waals surface area contributed by atoms with Crippen molar-refractivity contribution in [1.82, 2.24) is 0 Å². The second kappa shape index (κ2) is 7.56. The van der Waals surface area contributed by atoms with Crippen LogP contribution in [0.1, 0.15) is 12.5 Å². The standard InChI is InChI=1S/C14H13F3O3/c1-11(18)20-13(14(15,16)17)8-5-9-19-10-12-6-3-2-4-7-12/h2-4,6-7,13H,9-10H2,1H3/t13-/m0/s1. The third-order valence-electron chi connectivity index (χ3n) is 2.10. The SMILES string of the molecule is CC(=O)O[C@@H](C#CCOCc1ccccc1)C(F)(F)F. The third-order valence-corrected chi connectivity index (χ3v) is 2.10. The smallest absolute Gasteiger partial charge is 0.437 e. The number of hydrogen-bond donors (Lipinski definition) is 0. The van der Waals surface area contributed by atoms with Crippen molar-refractivity contribution in [3.63, 3.8) is 0 Å². The predicted molar refractivity (Wildman–Crippen MR) is 65.5 cm³/mol. The Labute approximate surface area is 114 Å². The maximum Gasteiger partial charge on any atom is 0.437 e. The lowest BCUT2D eigenvalue weighted by molar-refractivity contribution is -0.204. The van der Waals surface area contributed by atoms with E-state index in [4.69, 9.17) is 4.74 Å². The monoisotopic (exact) mass is 286 g/mol. The second-order valence-electron chi connectivity index (χ2n) is 3.83. The first-order valence-corrected chi connectivity index (χ1v) is 5.73. The molecule has 0 N–H and O–H groups in total. The third kappa shape index (κ3) is 6.25. The van der Waals surface area contributed by atoms with E-state index in [2.05, 4.69) is 10.7 Å². The number of carbonyl (C=O) groups excluding carboxylic acids is 1. The van der Waals surface area contributed by atoms with Crippen molar-refractivity contribution in [3.8, 4) is 11.8 Å². The van der Waals surface area contributed by atoms with Crippen LogP contribution in [0.2, 0.25) is 0 Å². The van der Waals surface area contributed by atoms with Gasteiger partial charge in [0.25, 0.3) is 6.10 Å². The summed E-state index contributed by atoms with van der Waals surface area (Å²) in [6.45, 7) is 0.967. The van der Waals surface area contributed by atoms with Gasteiger partial charge in [-0.05, 0) is 11.5 Å². The van der Waals surface area contributed by atoms with Crippen LogP contribution < -0.4 is 0 Å². The minimum Gasteiger partial charge on any atom is -0.439 e. The molecule has 0 aromatic heterocycles. The van der Waals surface area contributed by atoms with Crippen LogP contribution in [0.3, 0.4) is 0 Å². The molecule has 1 aromatic rings. The van der Waals surface area contributed by atoms with Gasteiger partial charge < -0.3 is 9.47 Å². The van der Waals surface area contributed by atoms with Crippen LogP contribution in [-0.4, -0.2) is 24.9 Å². The molecular formula is C14H13F3O3. The molecule has 0 unspecified atom stereocenters. The molecule has 0 aliphatic rings. The fourth-order valence-electron chi connectivity index (χ4n) is 1.27. The molecule has 1 aromatic carbocycles. The lowest BCUT2D eigenvalue weighted by Crippen LogP contribution is -2.31. The van der Waals surface area contributed by atoms with E-state index in [1.54, 1.807) is 0 Å². The van der Waals surface area contributed by atoms with Crippen LogP contribution in [0.15, 0.2) is 30.3 Å². The van der Waals surface area contributed by atoms with Gasteiger partial charge in [0.1, 0.15) is 6.61 Å². The molecule has 0 aliphatic carbocycles. The zero-order valence-corrected chi connectivity index (χ0v) is 10.7. The lowest BCUT2D eigenvalue weighted by Gasteiger charge is -2.14. The molecule has 3 nitrogen and oxygen atoms in total. The van der Waals surface area contributed by atoms with Gasteiger partial charge in [0.2, 0.25) is 0 Å². The van der Waals surface area contributed by atoms with Crippen LogP contribution in [-0.2, 0) is 20.9 Å². The van der Waals surface area contributed by atoms with E-state index in [9.17, 15) is 18.0 Å². The summed E-state index contributed by atoms with van der Waals surface area (Å²) in [6.07, 6.45) is -7.13. The molecule has 6 heteroatoms. The molecule has 0 saturated heterocycles. The maximum absolute atomic E-state index is 12.4. The highest BCUT2D eigenvalue weighted by molar-refractivity contribution is 5.66. The highest BCUT2D eigenvalue weighted by Crippen LogP contribution is 2.22. The average molecular weight is 286 g/mol. The molecule has 108 valence electrons. The van der Waals surface area contributed by atoms with E-state index in [1.807, 2.05) is 36.3 Å². The molecule has 0 saturated carbocycles. The minimum atomic E-state index is -4.71. The molecule has 20 heavy (non-hydrogen) atoms. The Hall–Kier alpha value is -2.00. The van der Waals surface area contributed by atoms with E-state index in [-0.39, 0.29) is 13.2 Å². The Morgan fingerprint density at radius 3 is 2.50 bits per heavy atom. The number of rotatable bonds is 4. The van der Waals surface area contributed by atoms with Crippen molar-refractivity contribution in [3.05, 3.63) is 35.9 Å². The molecule has 0 heterocycles. The molecule has 0 aliphatic heterocycles. The number of halogens is 3. The van der Waals surface area contributed by atoms with Crippen LogP contribution in [0.5, 0.6) is 0 Å². The van der Waals surface area contributed by atoms with Gasteiger partial charge in [-0.1, -0.05) is 36.3 Å². The van der Waals surface area contributed by atoms with Gasteiger partial charge in [-0.2, -0.15) is 13.2 Å². The number of benzene rings is 1. The molecular weight excluding hydrogens is 273 g/mol. The van der Waals surface area contributed by atoms with Gasteiger partial charge in [0, 0.05) is 6.92 Å². The zero-order chi connectivity index (χ0) is 15.0. The van der Waals surface area contributed by atoms with E-state index >= 15 is 0 Å². The van der Waals surface area contributed by atoms with Gasteiger partial charge in [-0.3, -0.25) is 4.79 Å². The number of alkyl halides is 3. The quantitative estimate of drug-likeness (QED) is 0.485. The second-order valence-corrected chi connectivity index (χ2v) is 3.83. The van der Waals surface area contributed by atoms with Crippen molar-refractivity contribution in [2.24, 2.45) is 0 Å².